The molecule has 0 saturated heterocycles. The lowest BCUT2D eigenvalue weighted by Gasteiger charge is -2.27. The molecule has 0 spiro atoms. The third kappa shape index (κ3) is 5.49. The number of thioether (sulfide) groups is 1. The van der Waals surface area contributed by atoms with Crippen molar-refractivity contribution in [1.29, 1.82) is 0 Å². The van der Waals surface area contributed by atoms with Crippen LogP contribution in [0.3, 0.4) is 0 Å². The summed E-state index contributed by atoms with van der Waals surface area (Å²) in [7, 11) is 0. The van der Waals surface area contributed by atoms with Crippen LogP contribution in [0.2, 0.25) is 5.02 Å². The summed E-state index contributed by atoms with van der Waals surface area (Å²) in [4.78, 5) is 29.1. The number of amides is 2. The Hall–Kier alpha value is -2.32. The Morgan fingerprint density at radius 2 is 1.87 bits per heavy atom. The van der Waals surface area contributed by atoms with E-state index in [4.69, 9.17) is 17.3 Å². The van der Waals surface area contributed by atoms with Gasteiger partial charge in [-0.1, -0.05) is 41.9 Å². The van der Waals surface area contributed by atoms with Crippen molar-refractivity contribution in [2.75, 3.05) is 17.6 Å². The van der Waals surface area contributed by atoms with Crippen LogP contribution in [0.5, 0.6) is 0 Å². The van der Waals surface area contributed by atoms with Gasteiger partial charge in [-0.3, -0.25) is 14.5 Å². The Bertz CT molecular complexity index is 1080. The average molecular weight is 472 g/mol. The van der Waals surface area contributed by atoms with Gasteiger partial charge in [0, 0.05) is 34.4 Å². The molecule has 2 amide bonds. The number of primary amides is 1. The summed E-state index contributed by atoms with van der Waals surface area (Å²) in [6.07, 6.45) is 0.742. The van der Waals surface area contributed by atoms with Crippen LogP contribution in [0.4, 0.5) is 5.00 Å². The van der Waals surface area contributed by atoms with Gasteiger partial charge in [-0.25, -0.2) is 0 Å². The number of carbonyl (C=O) groups excluding carboxylic acids is 2. The summed E-state index contributed by atoms with van der Waals surface area (Å²) in [5.41, 5.74) is 8.37. The third-order valence-corrected chi connectivity index (χ3v) is 7.46. The molecule has 3 N–H and O–H groups in total. The van der Waals surface area contributed by atoms with E-state index in [2.05, 4.69) is 22.3 Å². The second-order valence-electron chi connectivity index (χ2n) is 7.31. The van der Waals surface area contributed by atoms with Crippen LogP contribution in [0, 0.1) is 0 Å². The Morgan fingerprint density at radius 3 is 2.58 bits per heavy atom. The molecule has 4 rings (SSSR count). The van der Waals surface area contributed by atoms with Crippen molar-refractivity contribution in [3.63, 3.8) is 0 Å². The van der Waals surface area contributed by atoms with Gasteiger partial charge >= 0.3 is 0 Å². The van der Waals surface area contributed by atoms with E-state index in [1.165, 1.54) is 28.7 Å². The molecular formula is C23H22ClN3O2S2. The third-order valence-electron chi connectivity index (χ3n) is 5.07. The molecule has 2 aromatic carbocycles. The van der Waals surface area contributed by atoms with Crippen molar-refractivity contribution in [1.82, 2.24) is 4.90 Å². The summed E-state index contributed by atoms with van der Waals surface area (Å²) >= 11 is 8.77. The smallest absolute Gasteiger partial charge is 0.251 e. The number of halogens is 1. The molecule has 1 aromatic heterocycles. The van der Waals surface area contributed by atoms with Crippen molar-refractivity contribution < 1.29 is 9.59 Å². The van der Waals surface area contributed by atoms with Crippen LogP contribution >= 0.6 is 34.7 Å². The number of rotatable bonds is 7. The highest BCUT2D eigenvalue weighted by Gasteiger charge is 2.27. The number of thiophene rings is 1. The topological polar surface area (TPSA) is 75.4 Å². The van der Waals surface area contributed by atoms with E-state index in [1.54, 1.807) is 12.1 Å². The number of carbonyl (C=O) groups is 2. The maximum Gasteiger partial charge on any atom is 0.251 e. The van der Waals surface area contributed by atoms with Crippen molar-refractivity contribution >= 4 is 51.5 Å². The average Bonchev–Trinajstić information content (AvgIpc) is 3.11. The van der Waals surface area contributed by atoms with Crippen molar-refractivity contribution in [2.45, 2.75) is 24.4 Å². The number of nitrogens with two attached hydrogens (primary N) is 1. The van der Waals surface area contributed by atoms with Gasteiger partial charge in [-0.2, -0.15) is 0 Å². The second-order valence-corrected chi connectivity index (χ2v) is 9.90. The SMILES string of the molecule is NC(=O)c1c(NC(=O)CSc2ccc(Cl)cc2)sc2c1CCN(Cc1ccccc1)C2. The first-order chi connectivity index (χ1) is 15.0. The predicted molar refractivity (Wildman–Crippen MR) is 128 cm³/mol. The van der Waals surface area contributed by atoms with Gasteiger partial charge in [-0.15, -0.1) is 23.1 Å². The number of hydrogen-bond acceptors (Lipinski definition) is 5. The molecule has 2 heterocycles. The Kier molecular flexibility index (Phi) is 6.97. The maximum atomic E-state index is 12.5. The van der Waals surface area contributed by atoms with E-state index in [0.29, 0.717) is 15.6 Å². The van der Waals surface area contributed by atoms with Crippen molar-refractivity contribution in [3.05, 3.63) is 81.2 Å². The van der Waals surface area contributed by atoms with Crippen LogP contribution in [-0.2, 0) is 24.3 Å². The molecule has 0 unspecified atom stereocenters. The van der Waals surface area contributed by atoms with Crippen LogP contribution in [-0.4, -0.2) is 29.0 Å². The predicted octanol–water partition coefficient (Wildman–Crippen LogP) is 4.79. The quantitative estimate of drug-likeness (QED) is 0.486. The van der Waals surface area contributed by atoms with Gasteiger partial charge < -0.3 is 11.1 Å². The molecule has 5 nitrogen and oxygen atoms in total. The number of fused-ring (bicyclic) bond motifs is 1. The zero-order valence-electron chi connectivity index (χ0n) is 16.8. The first-order valence-electron chi connectivity index (χ1n) is 9.88. The number of nitrogens with one attached hydrogen (secondary N) is 1. The molecule has 1 aliphatic rings. The molecule has 31 heavy (non-hydrogen) atoms. The lowest BCUT2D eigenvalue weighted by atomic mass is 10.0. The highest BCUT2D eigenvalue weighted by Crippen LogP contribution is 2.37. The fourth-order valence-corrected chi connectivity index (χ4v) is 5.76. The molecule has 0 atom stereocenters. The summed E-state index contributed by atoms with van der Waals surface area (Å²) in [5.74, 6) is -0.417. The molecule has 1 aliphatic heterocycles. The minimum absolute atomic E-state index is 0.165. The van der Waals surface area contributed by atoms with Gasteiger partial charge in [0.25, 0.3) is 5.91 Å². The number of anilines is 1. The molecule has 0 radical (unpaired) electrons. The van der Waals surface area contributed by atoms with Crippen molar-refractivity contribution in [2.24, 2.45) is 5.73 Å². The Morgan fingerprint density at radius 1 is 1.13 bits per heavy atom. The zero-order chi connectivity index (χ0) is 21.8. The zero-order valence-corrected chi connectivity index (χ0v) is 19.2. The molecule has 0 fully saturated rings. The normalized spacial score (nSPS) is 13.6. The van der Waals surface area contributed by atoms with Gasteiger partial charge in [0.15, 0.2) is 0 Å². The molecular weight excluding hydrogens is 450 g/mol. The lowest BCUT2D eigenvalue weighted by molar-refractivity contribution is -0.113. The fraction of sp³-hybridized carbons (Fsp3) is 0.217. The summed E-state index contributed by atoms with van der Waals surface area (Å²) in [5, 5.41) is 4.12. The van der Waals surface area contributed by atoms with Crippen molar-refractivity contribution in [3.8, 4) is 0 Å². The van der Waals surface area contributed by atoms with Crippen LogP contribution < -0.4 is 11.1 Å². The molecule has 0 bridgehead atoms. The largest absolute Gasteiger partial charge is 0.365 e. The maximum absolute atomic E-state index is 12.5. The Labute approximate surface area is 194 Å². The first-order valence-corrected chi connectivity index (χ1v) is 12.1. The van der Waals surface area contributed by atoms with Crippen LogP contribution in [0.15, 0.2) is 59.5 Å². The number of nitrogens with zero attached hydrogens (tertiary/aromatic N) is 1. The number of hydrogen-bond donors (Lipinski definition) is 2. The molecule has 3 aromatic rings. The van der Waals surface area contributed by atoms with Crippen LogP contribution in [0.1, 0.15) is 26.4 Å². The molecule has 8 heteroatoms. The number of benzene rings is 2. The lowest BCUT2D eigenvalue weighted by Crippen LogP contribution is -2.30. The second kappa shape index (κ2) is 9.87. The first kappa shape index (κ1) is 21.9. The van der Waals surface area contributed by atoms with E-state index in [1.807, 2.05) is 30.3 Å². The highest BCUT2D eigenvalue weighted by atomic mass is 35.5. The van der Waals surface area contributed by atoms with Gasteiger partial charge in [0.05, 0.1) is 11.3 Å². The van der Waals surface area contributed by atoms with Crippen LogP contribution in [0.25, 0.3) is 0 Å². The Balaban J connectivity index is 1.44. The summed E-state index contributed by atoms with van der Waals surface area (Å²) in [6.45, 7) is 2.44. The van der Waals surface area contributed by atoms with E-state index >= 15 is 0 Å². The summed E-state index contributed by atoms with van der Waals surface area (Å²) in [6, 6.07) is 17.7. The standard InChI is InChI=1S/C23H22ClN3O2S2/c24-16-6-8-17(9-7-16)30-14-20(28)26-23-21(22(25)29)18-10-11-27(13-19(18)31-23)12-15-4-2-1-3-5-15/h1-9H,10-14H2,(H2,25,29)(H,26,28). The monoisotopic (exact) mass is 471 g/mol. The van der Waals surface area contributed by atoms with Gasteiger partial charge in [0.2, 0.25) is 5.91 Å². The molecule has 160 valence electrons. The highest BCUT2D eigenvalue weighted by molar-refractivity contribution is 8.00. The van der Waals surface area contributed by atoms with Gasteiger partial charge in [0.1, 0.15) is 5.00 Å². The summed E-state index contributed by atoms with van der Waals surface area (Å²) < 4.78 is 0. The molecule has 0 saturated carbocycles. The van der Waals surface area contributed by atoms with E-state index in [-0.39, 0.29) is 11.7 Å². The van der Waals surface area contributed by atoms with E-state index in [0.717, 1.165) is 41.4 Å². The van der Waals surface area contributed by atoms with Gasteiger partial charge in [-0.05, 0) is 41.8 Å². The fourth-order valence-electron chi connectivity index (χ4n) is 3.62. The minimum atomic E-state index is -0.491. The minimum Gasteiger partial charge on any atom is -0.365 e. The molecule has 0 aliphatic carbocycles. The van der Waals surface area contributed by atoms with E-state index in [9.17, 15) is 9.59 Å². The van der Waals surface area contributed by atoms with E-state index < -0.39 is 5.91 Å².